The van der Waals surface area contributed by atoms with Gasteiger partial charge in [-0.15, -0.1) is 0 Å². The zero-order valence-corrected chi connectivity index (χ0v) is 16.7. The molecule has 1 aromatic heterocycles. The van der Waals surface area contributed by atoms with Crippen molar-refractivity contribution >= 4 is 22.7 Å². The molecule has 0 saturated carbocycles. The number of carbonyl (C=O) groups is 1. The zero-order valence-electron chi connectivity index (χ0n) is 16.7. The minimum Gasteiger partial charge on any atom is -0.462 e. The maximum Gasteiger partial charge on any atom is 0.336 e. The number of carbonyl (C=O) groups excluding carboxylic acids is 1. The molecule has 150 valence electrons. The van der Waals surface area contributed by atoms with E-state index in [2.05, 4.69) is 9.84 Å². The lowest BCUT2D eigenvalue weighted by atomic mass is 9.79. The standard InChI is InChI=1S/C22H21FN2O4/c1-6-9-28-22(27)17-12(3)25-13(4)20(24-5)18(17)14-7-8-15(23)19-16(26)10-11(2)29-21(14)19/h7-8,10,18,20H,6,9H2,1-4H3. The topological polar surface area (TPSA) is 73.2 Å². The fourth-order valence-corrected chi connectivity index (χ4v) is 3.66. The van der Waals surface area contributed by atoms with Gasteiger partial charge in [0.2, 0.25) is 0 Å². The van der Waals surface area contributed by atoms with Crippen LogP contribution in [-0.2, 0) is 9.53 Å². The van der Waals surface area contributed by atoms with Gasteiger partial charge < -0.3 is 14.0 Å². The van der Waals surface area contributed by atoms with Crippen molar-refractivity contribution in [2.24, 2.45) is 4.99 Å². The number of hydrogen-bond acceptors (Lipinski definition) is 5. The van der Waals surface area contributed by atoms with Gasteiger partial charge in [-0.25, -0.2) is 15.8 Å². The first-order chi connectivity index (χ1) is 13.8. The van der Waals surface area contributed by atoms with E-state index in [0.29, 0.717) is 29.2 Å². The molecule has 29 heavy (non-hydrogen) atoms. The van der Waals surface area contributed by atoms with Gasteiger partial charge in [0.15, 0.2) is 5.43 Å². The number of ether oxygens (including phenoxy) is 1. The van der Waals surface area contributed by atoms with Crippen LogP contribution >= 0.6 is 0 Å². The number of esters is 1. The van der Waals surface area contributed by atoms with Crippen LogP contribution in [0.15, 0.2) is 43.7 Å². The third-order valence-electron chi connectivity index (χ3n) is 4.90. The second kappa shape index (κ2) is 8.00. The van der Waals surface area contributed by atoms with Gasteiger partial charge in [-0.3, -0.25) is 9.79 Å². The molecular weight excluding hydrogens is 375 g/mol. The van der Waals surface area contributed by atoms with E-state index in [1.807, 2.05) is 6.92 Å². The Morgan fingerprint density at radius 1 is 1.34 bits per heavy atom. The minimum atomic E-state index is -0.803. The van der Waals surface area contributed by atoms with Crippen LogP contribution in [-0.4, -0.2) is 24.3 Å². The SMILES string of the molecule is [C-]#[N+]C1C(C)=NC(C)=C(C(=O)OCCC)C1c1ccc(F)c2c(=O)cc(C)oc12. The average Bonchev–Trinajstić information content (AvgIpc) is 2.65. The van der Waals surface area contributed by atoms with Crippen molar-refractivity contribution in [1.29, 1.82) is 0 Å². The molecule has 2 heterocycles. The summed E-state index contributed by atoms with van der Waals surface area (Å²) in [5.74, 6) is -1.77. The molecule has 0 radical (unpaired) electrons. The fourth-order valence-electron chi connectivity index (χ4n) is 3.66. The normalized spacial score (nSPS) is 19.1. The highest BCUT2D eigenvalue weighted by molar-refractivity contribution is 6.01. The molecule has 0 bridgehead atoms. The Balaban J connectivity index is 2.33. The van der Waals surface area contributed by atoms with Crippen LogP contribution in [0.5, 0.6) is 0 Å². The van der Waals surface area contributed by atoms with Crippen molar-refractivity contribution in [3.05, 3.63) is 68.3 Å². The summed E-state index contributed by atoms with van der Waals surface area (Å²) in [6, 6.07) is 3.03. The van der Waals surface area contributed by atoms with Gasteiger partial charge in [-0.2, -0.15) is 0 Å². The van der Waals surface area contributed by atoms with Crippen LogP contribution in [0, 0.1) is 19.3 Å². The number of benzene rings is 1. The second-order valence-electron chi connectivity index (χ2n) is 7.00. The Hall–Kier alpha value is -3.27. The van der Waals surface area contributed by atoms with Gasteiger partial charge in [0.05, 0.1) is 17.9 Å². The van der Waals surface area contributed by atoms with Crippen LogP contribution in [0.25, 0.3) is 15.8 Å². The van der Waals surface area contributed by atoms with E-state index in [0.717, 1.165) is 6.07 Å². The molecule has 1 aromatic carbocycles. The van der Waals surface area contributed by atoms with E-state index in [4.69, 9.17) is 15.7 Å². The summed E-state index contributed by atoms with van der Waals surface area (Å²) in [5.41, 5.74) is 1.10. The summed E-state index contributed by atoms with van der Waals surface area (Å²) in [5, 5.41) is -0.198. The smallest absolute Gasteiger partial charge is 0.336 e. The number of aliphatic imine (C=N–C) groups is 1. The first-order valence-electron chi connectivity index (χ1n) is 9.32. The molecule has 1 aliphatic heterocycles. The predicted octanol–water partition coefficient (Wildman–Crippen LogP) is 4.31. The first kappa shape index (κ1) is 20.5. The monoisotopic (exact) mass is 396 g/mol. The van der Waals surface area contributed by atoms with Crippen LogP contribution in [0.2, 0.25) is 0 Å². The summed E-state index contributed by atoms with van der Waals surface area (Å²) in [7, 11) is 0. The van der Waals surface area contributed by atoms with Crippen molar-refractivity contribution in [3.63, 3.8) is 0 Å². The Bertz CT molecular complexity index is 1150. The van der Waals surface area contributed by atoms with Crippen LogP contribution in [0.4, 0.5) is 4.39 Å². The molecule has 7 heteroatoms. The van der Waals surface area contributed by atoms with Gasteiger partial charge in [-0.05, 0) is 33.3 Å². The number of aryl methyl sites for hydroxylation is 1. The molecule has 0 N–H and O–H groups in total. The maximum atomic E-state index is 14.4. The van der Waals surface area contributed by atoms with E-state index in [1.54, 1.807) is 20.8 Å². The maximum absolute atomic E-state index is 14.4. The zero-order chi connectivity index (χ0) is 21.3. The van der Waals surface area contributed by atoms with E-state index in [1.165, 1.54) is 12.1 Å². The van der Waals surface area contributed by atoms with Crippen molar-refractivity contribution < 1.29 is 18.3 Å². The number of nitrogens with zero attached hydrogens (tertiary/aromatic N) is 2. The molecule has 3 rings (SSSR count). The first-order valence-corrected chi connectivity index (χ1v) is 9.32. The lowest BCUT2D eigenvalue weighted by molar-refractivity contribution is -0.139. The van der Waals surface area contributed by atoms with Gasteiger partial charge in [0.1, 0.15) is 28.5 Å². The molecule has 0 spiro atoms. The molecule has 1 aliphatic rings. The van der Waals surface area contributed by atoms with Gasteiger partial charge in [0.25, 0.3) is 6.04 Å². The molecule has 0 amide bonds. The number of hydrogen-bond donors (Lipinski definition) is 0. The number of rotatable bonds is 4. The predicted molar refractivity (Wildman–Crippen MR) is 107 cm³/mol. The van der Waals surface area contributed by atoms with Crippen LogP contribution in [0.1, 0.15) is 44.4 Å². The van der Waals surface area contributed by atoms with E-state index >= 15 is 0 Å². The molecule has 2 unspecified atom stereocenters. The molecule has 0 aliphatic carbocycles. The van der Waals surface area contributed by atoms with Crippen molar-refractivity contribution in [1.82, 2.24) is 0 Å². The molecule has 0 saturated heterocycles. The summed E-state index contributed by atoms with van der Waals surface area (Å²) in [6.45, 7) is 14.8. The number of allylic oxidation sites excluding steroid dienone is 1. The lowest BCUT2D eigenvalue weighted by Crippen LogP contribution is -2.32. The molecule has 2 atom stereocenters. The van der Waals surface area contributed by atoms with Crippen molar-refractivity contribution in [3.8, 4) is 0 Å². The third kappa shape index (κ3) is 3.58. The van der Waals surface area contributed by atoms with E-state index in [-0.39, 0.29) is 23.1 Å². The summed E-state index contributed by atoms with van der Waals surface area (Å²) in [6.07, 6.45) is 0.644. The van der Waals surface area contributed by atoms with Gasteiger partial charge in [-0.1, -0.05) is 13.0 Å². The number of fused-ring (bicyclic) bond motifs is 1. The largest absolute Gasteiger partial charge is 0.462 e. The highest BCUT2D eigenvalue weighted by Gasteiger charge is 2.43. The molecular formula is C22H21FN2O4. The Kier molecular flexibility index (Phi) is 5.64. The quantitative estimate of drug-likeness (QED) is 0.570. The highest BCUT2D eigenvalue weighted by atomic mass is 19.1. The molecule has 6 nitrogen and oxygen atoms in total. The average molecular weight is 396 g/mol. The summed E-state index contributed by atoms with van der Waals surface area (Å²) < 4.78 is 25.5. The molecule has 0 fully saturated rings. The van der Waals surface area contributed by atoms with Crippen LogP contribution < -0.4 is 5.43 Å². The van der Waals surface area contributed by atoms with Gasteiger partial charge in [0, 0.05) is 17.3 Å². The summed E-state index contributed by atoms with van der Waals surface area (Å²) >= 11 is 0. The Morgan fingerprint density at radius 2 is 2.07 bits per heavy atom. The van der Waals surface area contributed by atoms with E-state index < -0.39 is 29.2 Å². The fraction of sp³-hybridized carbons (Fsp3) is 0.364. The van der Waals surface area contributed by atoms with Crippen LogP contribution in [0.3, 0.4) is 0 Å². The third-order valence-corrected chi connectivity index (χ3v) is 4.90. The highest BCUT2D eigenvalue weighted by Crippen LogP contribution is 2.40. The Morgan fingerprint density at radius 3 is 2.72 bits per heavy atom. The minimum absolute atomic E-state index is 0.0388. The second-order valence-corrected chi connectivity index (χ2v) is 7.00. The molecule has 2 aromatic rings. The van der Waals surface area contributed by atoms with Crippen molar-refractivity contribution in [2.45, 2.75) is 46.1 Å². The van der Waals surface area contributed by atoms with E-state index in [9.17, 15) is 14.0 Å². The number of halogens is 1. The van der Waals surface area contributed by atoms with Crippen molar-refractivity contribution in [2.75, 3.05) is 6.61 Å². The lowest BCUT2D eigenvalue weighted by Gasteiger charge is -2.26. The van der Waals surface area contributed by atoms with Gasteiger partial charge >= 0.3 is 5.97 Å². The Labute approximate surface area is 167 Å². The summed E-state index contributed by atoms with van der Waals surface area (Å²) in [4.78, 5) is 33.3.